The lowest BCUT2D eigenvalue weighted by atomic mass is 9.76. The number of aromatic amines is 4. The highest BCUT2D eigenvalue weighted by Crippen LogP contribution is 2.47. The van der Waals surface area contributed by atoms with E-state index in [4.69, 9.17) is 5.26 Å². The normalized spacial score (nSPS) is 18.8. The molecule has 0 fully saturated rings. The Kier molecular flexibility index (Phi) is 13.4. The van der Waals surface area contributed by atoms with Gasteiger partial charge in [0, 0.05) is 74.4 Å². The van der Waals surface area contributed by atoms with Gasteiger partial charge in [0.05, 0.1) is 45.1 Å². The molecule has 4 N–H and O–H groups in total. The van der Waals surface area contributed by atoms with Crippen molar-refractivity contribution < 1.29 is 72.4 Å². The minimum atomic E-state index is -2.31. The van der Waals surface area contributed by atoms with Crippen molar-refractivity contribution in [3.05, 3.63) is 163 Å². The highest BCUT2D eigenvalue weighted by atomic mass is 127. The van der Waals surface area contributed by atoms with Gasteiger partial charge in [0.1, 0.15) is 0 Å². The average molecular weight is 975 g/mol. The number of aromatic nitrogens is 4. The highest BCUT2D eigenvalue weighted by molar-refractivity contribution is 5.53. The first-order chi connectivity index (χ1) is 27.6. The zero-order chi connectivity index (χ0) is 45.2. The van der Waals surface area contributed by atoms with Crippen LogP contribution in [0.15, 0.2) is 48.5 Å². The summed E-state index contributed by atoms with van der Waals surface area (Å²) in [5, 5.41) is 7.32. The smallest absolute Gasteiger partial charge is 0.200 e. The zero-order valence-corrected chi connectivity index (χ0v) is 37.3. The van der Waals surface area contributed by atoms with Crippen molar-refractivity contribution in [1.82, 2.24) is 19.9 Å². The van der Waals surface area contributed by atoms with Gasteiger partial charge in [-0.1, -0.05) is 0 Å². The van der Waals surface area contributed by atoms with Gasteiger partial charge >= 0.3 is 0 Å². The third kappa shape index (κ3) is 8.01. The number of halogens is 11. The number of hydrogen-bond acceptors (Lipinski definition) is 1. The number of hydrogen-bond donors (Lipinski definition) is 4. The summed E-state index contributed by atoms with van der Waals surface area (Å²) in [5.41, 5.74) is -6.87. The first-order valence-electron chi connectivity index (χ1n) is 18.5. The highest BCUT2D eigenvalue weighted by Gasteiger charge is 2.46. The van der Waals surface area contributed by atoms with Crippen molar-refractivity contribution in [2.75, 3.05) is 28.2 Å². The lowest BCUT2D eigenvalue weighted by Crippen LogP contribution is -3.00. The van der Waals surface area contributed by atoms with Crippen LogP contribution in [0.1, 0.15) is 105 Å². The van der Waals surface area contributed by atoms with Crippen molar-refractivity contribution >= 4 is 0 Å². The Labute approximate surface area is 364 Å². The van der Waals surface area contributed by atoms with Gasteiger partial charge < -0.3 is 48.4 Å². The summed E-state index contributed by atoms with van der Waals surface area (Å²) in [5.74, 6) is -21.1. The van der Waals surface area contributed by atoms with Crippen molar-refractivity contribution in [1.29, 1.82) is 5.26 Å². The Bertz CT molecular complexity index is 2320. The number of benzene rings is 2. The average Bonchev–Trinajstić information content (AvgIpc) is 4.00. The fraction of sp³-hybridized carbons (Fsp3) is 0.341. The monoisotopic (exact) mass is 974 g/mol. The number of nitrogens with one attached hydrogen (secondary N) is 4. The molecule has 0 saturated heterocycles. The van der Waals surface area contributed by atoms with Crippen LogP contribution in [0.5, 0.6) is 0 Å². The van der Waals surface area contributed by atoms with Crippen LogP contribution < -0.4 is 24.0 Å². The van der Waals surface area contributed by atoms with Gasteiger partial charge in [-0.05, 0) is 90.1 Å². The first-order valence-corrected chi connectivity index (χ1v) is 18.5. The Balaban J connectivity index is 0.000000838. The summed E-state index contributed by atoms with van der Waals surface area (Å²) in [6, 6.07) is 13.7. The van der Waals surface area contributed by atoms with Crippen LogP contribution in [0.3, 0.4) is 0 Å². The van der Waals surface area contributed by atoms with Crippen LogP contribution in [0.4, 0.5) is 43.9 Å². The Morgan fingerprint density at radius 1 is 0.393 bits per heavy atom. The second kappa shape index (κ2) is 16.7. The van der Waals surface area contributed by atoms with Crippen molar-refractivity contribution in [2.45, 2.75) is 70.1 Å². The second-order valence-corrected chi connectivity index (χ2v) is 17.4. The molecule has 0 amide bonds. The molecule has 61 heavy (non-hydrogen) atoms. The molecule has 0 unspecified atom stereocenters. The van der Waals surface area contributed by atoms with E-state index in [1.165, 1.54) is 45.0 Å². The van der Waals surface area contributed by atoms with Gasteiger partial charge in [-0.25, -0.2) is 43.9 Å². The molecule has 0 atom stereocenters. The Morgan fingerprint density at radius 2 is 0.541 bits per heavy atom. The molecule has 0 aliphatic carbocycles. The van der Waals surface area contributed by atoms with Gasteiger partial charge in [-0.2, -0.15) is 5.26 Å². The lowest BCUT2D eigenvalue weighted by Gasteiger charge is -2.32. The molecule has 0 spiro atoms. The maximum Gasteiger partial charge on any atom is 0.200 e. The second-order valence-electron chi connectivity index (χ2n) is 17.4. The third-order valence-corrected chi connectivity index (χ3v) is 11.0. The van der Waals surface area contributed by atoms with Crippen LogP contribution >= 0.6 is 0 Å². The zero-order valence-electron chi connectivity index (χ0n) is 35.2. The number of nitriles is 1. The number of fused-ring (bicyclic) bond motifs is 8. The van der Waals surface area contributed by atoms with Gasteiger partial charge in [0.25, 0.3) is 0 Å². The van der Waals surface area contributed by atoms with Crippen LogP contribution in [-0.2, 0) is 21.7 Å². The molecule has 6 aromatic rings. The number of quaternary nitrogens is 1. The predicted octanol–water partition coefficient (Wildman–Crippen LogP) is 7.92. The van der Waals surface area contributed by atoms with Gasteiger partial charge in [0.2, 0.25) is 11.6 Å². The van der Waals surface area contributed by atoms with Crippen LogP contribution in [-0.4, -0.2) is 52.6 Å². The van der Waals surface area contributed by atoms with Crippen LogP contribution in [0, 0.1) is 69.5 Å². The molecule has 0 radical (unpaired) electrons. The molecule has 328 valence electrons. The maximum absolute atomic E-state index is 15.7. The SMILES string of the molecule is CC#N.CC1(C)c2ccc([nH]2)C(C)(c2c(F)c(F)c(F)c(F)c2F)c2ccc([nH]2)C(C)(C)c2ccc([nH]2)C(C)(c2c(F)c(F)c(F)c(F)c2F)c2ccc1[nH]2.C[N+](C)(C)C.[I-]. The first kappa shape index (κ1) is 48.7. The van der Waals surface area contributed by atoms with Gasteiger partial charge in [-0.3, -0.25) is 0 Å². The summed E-state index contributed by atoms with van der Waals surface area (Å²) >= 11 is 0. The Morgan fingerprint density at radius 3 is 0.721 bits per heavy atom. The Hall–Kier alpha value is -4.96. The van der Waals surface area contributed by atoms with Crippen LogP contribution in [0.25, 0.3) is 0 Å². The van der Waals surface area contributed by atoms with E-state index < -0.39 is 91.0 Å². The van der Waals surface area contributed by atoms with Gasteiger partial charge in [-0.15, -0.1) is 0 Å². The molecule has 8 bridgehead atoms. The van der Waals surface area contributed by atoms with E-state index in [-0.39, 0.29) is 46.8 Å². The summed E-state index contributed by atoms with van der Waals surface area (Å²) in [6.45, 7) is 10.9. The quantitative estimate of drug-likeness (QED) is 0.0460. The number of H-pyrrole nitrogens is 4. The van der Waals surface area contributed by atoms with E-state index in [1.807, 2.05) is 0 Å². The molecule has 4 aromatic heterocycles. The molecule has 0 saturated carbocycles. The maximum atomic E-state index is 15.7. The molecule has 17 heteroatoms. The molecular weight excluding hydrogens is 929 g/mol. The van der Waals surface area contributed by atoms with E-state index in [1.54, 1.807) is 58.0 Å². The fourth-order valence-electron chi connectivity index (χ4n) is 7.41. The van der Waals surface area contributed by atoms with Crippen molar-refractivity contribution in [2.24, 2.45) is 0 Å². The largest absolute Gasteiger partial charge is 1.00 e. The van der Waals surface area contributed by atoms with E-state index in [2.05, 4.69) is 48.1 Å². The molecule has 1 aliphatic heterocycles. The lowest BCUT2D eigenvalue weighted by molar-refractivity contribution is -0.849. The van der Waals surface area contributed by atoms with Crippen molar-refractivity contribution in [3.63, 3.8) is 0 Å². The minimum Gasteiger partial charge on any atom is -1.00 e. The van der Waals surface area contributed by atoms with Gasteiger partial charge in [0.15, 0.2) is 46.5 Å². The van der Waals surface area contributed by atoms with Crippen LogP contribution in [0.2, 0.25) is 0 Å². The summed E-state index contributed by atoms with van der Waals surface area (Å²) in [6.07, 6.45) is 0. The molecule has 7 rings (SSSR count). The summed E-state index contributed by atoms with van der Waals surface area (Å²) in [7, 11) is 8.50. The third-order valence-electron chi connectivity index (χ3n) is 11.0. The fourth-order valence-corrected chi connectivity index (χ4v) is 7.41. The van der Waals surface area contributed by atoms with Crippen molar-refractivity contribution in [3.8, 4) is 6.07 Å². The topological polar surface area (TPSA) is 86.9 Å². The minimum absolute atomic E-state index is 0. The molecule has 6 nitrogen and oxygen atoms in total. The molecular formula is C44H45F10IN6. The number of rotatable bonds is 2. The molecule has 5 heterocycles. The summed E-state index contributed by atoms with van der Waals surface area (Å²) in [4.78, 5) is 12.5. The predicted molar refractivity (Wildman–Crippen MR) is 206 cm³/mol. The van der Waals surface area contributed by atoms with E-state index in [9.17, 15) is 26.3 Å². The molecule has 2 aromatic carbocycles. The van der Waals surface area contributed by atoms with E-state index in [0.717, 1.165) is 4.48 Å². The standard InChI is InChI=1S/C38H30F10N4.C4H12N.C2H3N.HI/c1-35(2)15-7-11-19(49-15)37(5,23-25(39)29(43)33(47)30(44)26(23)40)21-13-9-17(51-21)36(3,4)18-10-14-22(52-18)38(6,20-12-8-16(35)50-20)24-27(41)31(45)34(48)32(46)28(24)42;1-5(2,3)4;1-2-3;/h7-14,49-52H,1-6H3;1-4H3;1H3;1H/q;+1;;/p-1. The summed E-state index contributed by atoms with van der Waals surface area (Å²) < 4.78 is 151. The van der Waals surface area contributed by atoms with E-state index in [0.29, 0.717) is 22.8 Å². The number of nitrogens with zero attached hydrogens (tertiary/aromatic N) is 2. The molecule has 1 aliphatic rings. The van der Waals surface area contributed by atoms with E-state index >= 15 is 17.6 Å².